The summed E-state index contributed by atoms with van der Waals surface area (Å²) < 4.78 is 5.12. The number of nitrogens with one attached hydrogen (secondary N) is 1. The molecule has 1 unspecified atom stereocenters. The molecule has 0 aliphatic heterocycles. The zero-order chi connectivity index (χ0) is 14.4. The van der Waals surface area contributed by atoms with Gasteiger partial charge in [0.25, 0.3) is 0 Å². The number of aromatic amines is 1. The van der Waals surface area contributed by atoms with Crippen LogP contribution in [-0.4, -0.2) is 4.98 Å². The number of rotatable bonds is 2. The molecule has 3 aromatic rings. The Morgan fingerprint density at radius 2 is 1.86 bits per heavy atom. The highest BCUT2D eigenvalue weighted by atomic mass is 16.4. The fourth-order valence-electron chi connectivity index (χ4n) is 3.29. The van der Waals surface area contributed by atoms with E-state index in [0.29, 0.717) is 17.0 Å². The van der Waals surface area contributed by atoms with Gasteiger partial charge in [0, 0.05) is 6.04 Å². The SMILES string of the molecule is NC(c1ccc2[nH]c(=O)oc2c1)C1Cc2ccccc2C1. The number of aromatic nitrogens is 1. The van der Waals surface area contributed by atoms with Crippen molar-refractivity contribution in [1.29, 1.82) is 0 Å². The summed E-state index contributed by atoms with van der Waals surface area (Å²) in [4.78, 5) is 13.9. The Balaban J connectivity index is 1.65. The van der Waals surface area contributed by atoms with Crippen LogP contribution in [0.4, 0.5) is 0 Å². The molecule has 0 saturated carbocycles. The van der Waals surface area contributed by atoms with Crippen LogP contribution in [0.15, 0.2) is 51.7 Å². The molecular weight excluding hydrogens is 264 g/mol. The number of nitrogens with two attached hydrogens (primary N) is 1. The van der Waals surface area contributed by atoms with Gasteiger partial charge in [0.1, 0.15) is 0 Å². The molecule has 3 N–H and O–H groups in total. The van der Waals surface area contributed by atoms with E-state index < -0.39 is 5.76 Å². The standard InChI is InChI=1S/C17H16N2O2/c18-16(13-7-10-3-1-2-4-11(10)8-13)12-5-6-14-15(9-12)21-17(20)19-14/h1-6,9,13,16H,7-8,18H2,(H,19,20). The Bertz CT molecular complexity index is 837. The van der Waals surface area contributed by atoms with Crippen molar-refractivity contribution in [2.75, 3.05) is 0 Å². The maximum absolute atomic E-state index is 11.2. The first-order valence-electron chi connectivity index (χ1n) is 7.16. The summed E-state index contributed by atoms with van der Waals surface area (Å²) in [6.07, 6.45) is 2.01. The third-order valence-corrected chi connectivity index (χ3v) is 4.42. The van der Waals surface area contributed by atoms with E-state index in [-0.39, 0.29) is 6.04 Å². The van der Waals surface area contributed by atoms with Crippen LogP contribution in [0, 0.1) is 5.92 Å². The summed E-state index contributed by atoms with van der Waals surface area (Å²) in [6, 6.07) is 14.2. The van der Waals surface area contributed by atoms with E-state index in [1.54, 1.807) is 0 Å². The summed E-state index contributed by atoms with van der Waals surface area (Å²) in [5.74, 6) is -0.0329. The highest BCUT2D eigenvalue weighted by molar-refractivity contribution is 5.72. The van der Waals surface area contributed by atoms with Gasteiger partial charge in [0.2, 0.25) is 0 Å². The zero-order valence-corrected chi connectivity index (χ0v) is 11.5. The van der Waals surface area contributed by atoms with Gasteiger partial charge in [-0.3, -0.25) is 4.98 Å². The van der Waals surface area contributed by atoms with Gasteiger partial charge in [0.15, 0.2) is 5.58 Å². The number of oxazole rings is 1. The van der Waals surface area contributed by atoms with Crippen LogP contribution in [0.5, 0.6) is 0 Å². The number of benzene rings is 2. The van der Waals surface area contributed by atoms with Crippen LogP contribution in [0.25, 0.3) is 11.1 Å². The van der Waals surface area contributed by atoms with Gasteiger partial charge in [0.05, 0.1) is 5.52 Å². The Morgan fingerprint density at radius 3 is 2.57 bits per heavy atom. The average molecular weight is 280 g/mol. The predicted octanol–water partition coefficient (Wildman–Crippen LogP) is 2.54. The average Bonchev–Trinajstić information content (AvgIpc) is 3.07. The molecule has 1 aliphatic carbocycles. The van der Waals surface area contributed by atoms with Crippen LogP contribution in [0.2, 0.25) is 0 Å². The largest absolute Gasteiger partial charge is 0.417 e. The Labute approximate surface area is 121 Å². The van der Waals surface area contributed by atoms with Gasteiger partial charge in [-0.2, -0.15) is 0 Å². The van der Waals surface area contributed by atoms with Crippen molar-refractivity contribution in [2.45, 2.75) is 18.9 Å². The lowest BCUT2D eigenvalue weighted by molar-refractivity contribution is 0.453. The lowest BCUT2D eigenvalue weighted by atomic mass is 9.91. The molecule has 4 rings (SSSR count). The number of fused-ring (bicyclic) bond motifs is 2. The third-order valence-electron chi connectivity index (χ3n) is 4.42. The lowest BCUT2D eigenvalue weighted by Crippen LogP contribution is -2.21. The van der Waals surface area contributed by atoms with E-state index in [0.717, 1.165) is 18.4 Å². The molecule has 21 heavy (non-hydrogen) atoms. The molecule has 106 valence electrons. The first-order chi connectivity index (χ1) is 10.2. The molecule has 4 heteroatoms. The lowest BCUT2D eigenvalue weighted by Gasteiger charge is -2.19. The normalized spacial score (nSPS) is 16.2. The third kappa shape index (κ3) is 2.08. The first kappa shape index (κ1) is 12.4. The van der Waals surface area contributed by atoms with Crippen molar-refractivity contribution in [3.63, 3.8) is 0 Å². The van der Waals surface area contributed by atoms with Crippen molar-refractivity contribution in [3.8, 4) is 0 Å². The second kappa shape index (κ2) is 4.60. The van der Waals surface area contributed by atoms with Crippen LogP contribution >= 0.6 is 0 Å². The topological polar surface area (TPSA) is 72.0 Å². The highest BCUT2D eigenvalue weighted by Gasteiger charge is 2.27. The molecule has 1 aromatic heterocycles. The van der Waals surface area contributed by atoms with Gasteiger partial charge in [-0.05, 0) is 47.6 Å². The van der Waals surface area contributed by atoms with Crippen molar-refractivity contribution in [3.05, 3.63) is 69.7 Å². The molecule has 4 nitrogen and oxygen atoms in total. The minimum atomic E-state index is -0.427. The van der Waals surface area contributed by atoms with Crippen LogP contribution in [-0.2, 0) is 12.8 Å². The van der Waals surface area contributed by atoms with E-state index in [9.17, 15) is 4.79 Å². The maximum Gasteiger partial charge on any atom is 0.417 e. The highest BCUT2D eigenvalue weighted by Crippen LogP contribution is 2.34. The van der Waals surface area contributed by atoms with E-state index in [1.807, 2.05) is 18.2 Å². The first-order valence-corrected chi connectivity index (χ1v) is 7.16. The molecule has 0 saturated heterocycles. The smallest absolute Gasteiger partial charge is 0.408 e. The second-order valence-corrected chi connectivity index (χ2v) is 5.73. The van der Waals surface area contributed by atoms with E-state index in [1.165, 1.54) is 11.1 Å². The second-order valence-electron chi connectivity index (χ2n) is 5.73. The fraction of sp³-hybridized carbons (Fsp3) is 0.235. The minimum absolute atomic E-state index is 0.0537. The van der Waals surface area contributed by atoms with Crippen LogP contribution in [0.1, 0.15) is 22.7 Å². The van der Waals surface area contributed by atoms with E-state index in [2.05, 4.69) is 29.2 Å². The molecule has 0 spiro atoms. The summed E-state index contributed by atoms with van der Waals surface area (Å²) >= 11 is 0. The number of hydrogen-bond donors (Lipinski definition) is 2. The number of H-pyrrole nitrogens is 1. The maximum atomic E-state index is 11.2. The van der Waals surface area contributed by atoms with Gasteiger partial charge in [-0.25, -0.2) is 4.79 Å². The van der Waals surface area contributed by atoms with E-state index >= 15 is 0 Å². The summed E-state index contributed by atoms with van der Waals surface area (Å²) in [5, 5.41) is 0. The molecule has 1 heterocycles. The van der Waals surface area contributed by atoms with Crippen LogP contribution < -0.4 is 11.5 Å². The molecule has 1 atom stereocenters. The molecule has 2 aromatic carbocycles. The van der Waals surface area contributed by atoms with Gasteiger partial charge < -0.3 is 10.2 Å². The molecule has 0 bridgehead atoms. The Morgan fingerprint density at radius 1 is 1.14 bits per heavy atom. The monoisotopic (exact) mass is 280 g/mol. The number of hydrogen-bond acceptors (Lipinski definition) is 3. The van der Waals surface area contributed by atoms with Gasteiger partial charge in [-0.1, -0.05) is 30.3 Å². The summed E-state index contributed by atoms with van der Waals surface area (Å²) in [7, 11) is 0. The van der Waals surface area contributed by atoms with Gasteiger partial charge in [-0.15, -0.1) is 0 Å². The summed E-state index contributed by atoms with van der Waals surface area (Å²) in [6.45, 7) is 0. The fourth-order valence-corrected chi connectivity index (χ4v) is 3.29. The van der Waals surface area contributed by atoms with Crippen molar-refractivity contribution < 1.29 is 4.42 Å². The quantitative estimate of drug-likeness (QED) is 0.757. The Kier molecular flexibility index (Phi) is 2.72. The molecule has 0 fully saturated rings. The van der Waals surface area contributed by atoms with Crippen molar-refractivity contribution in [1.82, 2.24) is 4.98 Å². The minimum Gasteiger partial charge on any atom is -0.408 e. The van der Waals surface area contributed by atoms with Crippen molar-refractivity contribution >= 4 is 11.1 Å². The molecule has 1 aliphatic rings. The van der Waals surface area contributed by atoms with E-state index in [4.69, 9.17) is 10.2 Å². The van der Waals surface area contributed by atoms with Crippen molar-refractivity contribution in [2.24, 2.45) is 11.7 Å². The predicted molar refractivity (Wildman–Crippen MR) is 81.1 cm³/mol. The summed E-state index contributed by atoms with van der Waals surface area (Å²) in [5.41, 5.74) is 11.5. The zero-order valence-electron chi connectivity index (χ0n) is 11.5. The molecular formula is C17H16N2O2. The molecule has 0 radical (unpaired) electrons. The van der Waals surface area contributed by atoms with Gasteiger partial charge >= 0.3 is 5.76 Å². The molecule has 0 amide bonds. The Hall–Kier alpha value is -2.33. The van der Waals surface area contributed by atoms with Crippen LogP contribution in [0.3, 0.4) is 0 Å².